The largest absolute Gasteiger partial charge is 0.493 e. The van der Waals surface area contributed by atoms with Gasteiger partial charge in [-0.05, 0) is 19.9 Å². The molecule has 0 amide bonds. The number of rotatable bonds is 10. The number of fused-ring (bicyclic) bond motifs is 1. The molecule has 1 saturated carbocycles. The number of alkyl halides is 4. The minimum absolute atomic E-state index is 0.0204. The highest BCUT2D eigenvalue weighted by atomic mass is 19.3. The van der Waals surface area contributed by atoms with E-state index in [2.05, 4.69) is 15.3 Å². The molecule has 1 N–H and O–H groups in total. The van der Waals surface area contributed by atoms with Crippen molar-refractivity contribution in [2.45, 2.75) is 51.5 Å². The maximum Gasteiger partial charge on any atom is 0.273 e. The monoisotopic (exact) mass is 539 g/mol. The van der Waals surface area contributed by atoms with Gasteiger partial charge in [-0.2, -0.15) is 0 Å². The van der Waals surface area contributed by atoms with Gasteiger partial charge in [0.15, 0.2) is 11.5 Å². The summed E-state index contributed by atoms with van der Waals surface area (Å²) in [5, 5.41) is 3.60. The Morgan fingerprint density at radius 3 is 2.39 bits per heavy atom. The maximum atomic E-state index is 15.0. The number of benzene rings is 2. The molecule has 0 bridgehead atoms. The van der Waals surface area contributed by atoms with Crippen molar-refractivity contribution >= 4 is 16.7 Å². The summed E-state index contributed by atoms with van der Waals surface area (Å²) in [6.07, 6.45) is -0.699. The summed E-state index contributed by atoms with van der Waals surface area (Å²) in [5.74, 6) is -5.74. The van der Waals surface area contributed by atoms with Crippen LogP contribution in [0.2, 0.25) is 0 Å². The number of anilines is 1. The van der Waals surface area contributed by atoms with E-state index in [0.29, 0.717) is 35.2 Å². The number of hydrogen-bond donors (Lipinski definition) is 1. The number of ether oxygens (including phenoxy) is 3. The van der Waals surface area contributed by atoms with Gasteiger partial charge < -0.3 is 19.5 Å². The molecule has 1 aromatic heterocycles. The van der Waals surface area contributed by atoms with E-state index in [4.69, 9.17) is 14.2 Å². The molecule has 1 heterocycles. The first kappa shape index (κ1) is 27.8. The van der Waals surface area contributed by atoms with Crippen LogP contribution in [-0.2, 0) is 10.7 Å². The molecule has 1 fully saturated rings. The van der Waals surface area contributed by atoms with E-state index in [9.17, 15) is 22.0 Å². The van der Waals surface area contributed by atoms with E-state index in [1.165, 1.54) is 26.4 Å². The number of halogens is 5. The second-order valence-electron chi connectivity index (χ2n) is 10.0. The molecule has 11 heteroatoms. The van der Waals surface area contributed by atoms with E-state index in [0.717, 1.165) is 6.07 Å². The molecular weight excluding hydrogens is 509 g/mol. The highest BCUT2D eigenvalue weighted by Gasteiger charge is 2.57. The van der Waals surface area contributed by atoms with Crippen LogP contribution in [0.15, 0.2) is 30.3 Å². The first-order chi connectivity index (χ1) is 17.8. The standard InChI is InChI=1S/C27H30F5N3O3/c1-15(17-7-6-8-19(23(17)28)25(3,29)30)33-24-18-9-22(21(37-5)10-20(18)34-16(2)35-24)38-14-26(13-36-4)11-27(31,32)12-26/h6-10,15H,11-14H2,1-5H3,(H,33,34,35)/t15-/m1/s1. The molecule has 1 aliphatic carbocycles. The Morgan fingerprint density at radius 1 is 1.08 bits per heavy atom. The predicted octanol–water partition coefficient (Wildman–Crippen LogP) is 6.81. The minimum Gasteiger partial charge on any atom is -0.493 e. The van der Waals surface area contributed by atoms with Crippen molar-refractivity contribution < 1.29 is 36.2 Å². The third kappa shape index (κ3) is 5.62. The van der Waals surface area contributed by atoms with E-state index in [-0.39, 0.29) is 37.4 Å². The highest BCUT2D eigenvalue weighted by molar-refractivity contribution is 5.92. The van der Waals surface area contributed by atoms with Gasteiger partial charge in [-0.1, -0.05) is 18.2 Å². The van der Waals surface area contributed by atoms with Gasteiger partial charge in [-0.3, -0.25) is 0 Å². The van der Waals surface area contributed by atoms with Crippen LogP contribution in [0.5, 0.6) is 11.5 Å². The molecule has 0 radical (unpaired) electrons. The zero-order chi connectivity index (χ0) is 27.9. The van der Waals surface area contributed by atoms with Gasteiger partial charge >= 0.3 is 0 Å². The number of nitrogens with zero attached hydrogens (tertiary/aromatic N) is 2. The Hall–Kier alpha value is -3.21. The number of nitrogens with one attached hydrogen (secondary N) is 1. The lowest BCUT2D eigenvalue weighted by Crippen LogP contribution is -2.52. The molecule has 38 heavy (non-hydrogen) atoms. The Balaban J connectivity index is 1.67. The van der Waals surface area contributed by atoms with Crippen LogP contribution in [0.1, 0.15) is 49.7 Å². The molecule has 2 aromatic carbocycles. The molecule has 0 saturated heterocycles. The zero-order valence-corrected chi connectivity index (χ0v) is 21.8. The number of aryl methyl sites for hydroxylation is 1. The third-order valence-electron chi connectivity index (χ3n) is 6.67. The molecule has 3 aromatic rings. The number of aromatic nitrogens is 2. The Morgan fingerprint density at radius 2 is 1.79 bits per heavy atom. The van der Waals surface area contributed by atoms with Crippen LogP contribution in [0, 0.1) is 18.2 Å². The van der Waals surface area contributed by atoms with E-state index in [1.807, 2.05) is 0 Å². The van der Waals surface area contributed by atoms with Crippen LogP contribution in [0.3, 0.4) is 0 Å². The van der Waals surface area contributed by atoms with Gasteiger partial charge in [0.25, 0.3) is 5.92 Å². The van der Waals surface area contributed by atoms with Gasteiger partial charge in [-0.15, -0.1) is 0 Å². The summed E-state index contributed by atoms with van der Waals surface area (Å²) in [5.41, 5.74) is -0.987. The van der Waals surface area contributed by atoms with Crippen molar-refractivity contribution in [3.8, 4) is 11.5 Å². The zero-order valence-electron chi connectivity index (χ0n) is 21.8. The maximum absolute atomic E-state index is 15.0. The SMILES string of the molecule is COCC1(COc2cc3c(N[C@H](C)c4cccc(C(C)(F)F)c4F)nc(C)nc3cc2OC)CC(F)(F)C1. The van der Waals surface area contributed by atoms with Gasteiger partial charge in [-0.25, -0.2) is 31.9 Å². The molecule has 1 atom stereocenters. The smallest absolute Gasteiger partial charge is 0.273 e. The van der Waals surface area contributed by atoms with Gasteiger partial charge in [0, 0.05) is 49.3 Å². The molecule has 6 nitrogen and oxygen atoms in total. The third-order valence-corrected chi connectivity index (χ3v) is 6.67. The summed E-state index contributed by atoms with van der Waals surface area (Å²) >= 11 is 0. The van der Waals surface area contributed by atoms with Crippen molar-refractivity contribution in [2.24, 2.45) is 5.41 Å². The van der Waals surface area contributed by atoms with Crippen LogP contribution < -0.4 is 14.8 Å². The second-order valence-corrected chi connectivity index (χ2v) is 10.0. The van der Waals surface area contributed by atoms with E-state index >= 15 is 0 Å². The van der Waals surface area contributed by atoms with Crippen LogP contribution >= 0.6 is 0 Å². The predicted molar refractivity (Wildman–Crippen MR) is 133 cm³/mol. The molecule has 0 unspecified atom stereocenters. The lowest BCUT2D eigenvalue weighted by Gasteiger charge is -2.46. The Bertz CT molecular complexity index is 1320. The fourth-order valence-electron chi connectivity index (χ4n) is 4.97. The fraction of sp³-hybridized carbons (Fsp3) is 0.481. The summed E-state index contributed by atoms with van der Waals surface area (Å²) < 4.78 is 86.7. The quantitative estimate of drug-likeness (QED) is 0.286. The lowest BCUT2D eigenvalue weighted by atomic mass is 9.67. The first-order valence-corrected chi connectivity index (χ1v) is 12.1. The minimum atomic E-state index is -3.34. The van der Waals surface area contributed by atoms with Gasteiger partial charge in [0.05, 0.1) is 37.4 Å². The molecule has 0 spiro atoms. The summed E-state index contributed by atoms with van der Waals surface area (Å²) in [4.78, 5) is 8.88. The van der Waals surface area contributed by atoms with Crippen molar-refractivity contribution in [1.29, 1.82) is 0 Å². The number of hydrogen-bond acceptors (Lipinski definition) is 6. The van der Waals surface area contributed by atoms with Crippen LogP contribution in [-0.4, -0.2) is 43.3 Å². The normalized spacial score (nSPS) is 17.1. The van der Waals surface area contributed by atoms with E-state index < -0.39 is 34.7 Å². The lowest BCUT2D eigenvalue weighted by molar-refractivity contribution is -0.190. The van der Waals surface area contributed by atoms with Crippen molar-refractivity contribution in [3.05, 3.63) is 53.1 Å². The average Bonchev–Trinajstić information content (AvgIpc) is 2.80. The van der Waals surface area contributed by atoms with Crippen molar-refractivity contribution in [1.82, 2.24) is 9.97 Å². The molecule has 4 rings (SSSR count). The average molecular weight is 540 g/mol. The molecular formula is C27H30F5N3O3. The second kappa shape index (κ2) is 10.2. The van der Waals surface area contributed by atoms with Gasteiger partial charge in [0.2, 0.25) is 5.92 Å². The van der Waals surface area contributed by atoms with Crippen molar-refractivity contribution in [3.63, 3.8) is 0 Å². The topological polar surface area (TPSA) is 65.5 Å². The highest BCUT2D eigenvalue weighted by Crippen LogP contribution is 2.52. The molecule has 0 aliphatic heterocycles. The van der Waals surface area contributed by atoms with Gasteiger partial charge in [0.1, 0.15) is 17.5 Å². The summed E-state index contributed by atoms with van der Waals surface area (Å²) in [7, 11) is 2.90. The summed E-state index contributed by atoms with van der Waals surface area (Å²) in [6, 6.07) is 6.38. The van der Waals surface area contributed by atoms with Crippen LogP contribution in [0.4, 0.5) is 27.8 Å². The number of methoxy groups -OCH3 is 2. The fourth-order valence-corrected chi connectivity index (χ4v) is 4.97. The van der Waals surface area contributed by atoms with E-state index in [1.54, 1.807) is 26.0 Å². The Kier molecular flexibility index (Phi) is 7.44. The molecule has 1 aliphatic rings. The first-order valence-electron chi connectivity index (χ1n) is 12.1. The Labute approximate surface area is 217 Å². The molecule has 206 valence electrons. The van der Waals surface area contributed by atoms with Crippen LogP contribution in [0.25, 0.3) is 10.9 Å². The van der Waals surface area contributed by atoms with Crippen molar-refractivity contribution in [2.75, 3.05) is 32.8 Å². The summed E-state index contributed by atoms with van der Waals surface area (Å²) in [6.45, 7) is 4.05.